The van der Waals surface area contributed by atoms with Gasteiger partial charge in [-0.15, -0.1) is 11.3 Å². The highest BCUT2D eigenvalue weighted by Crippen LogP contribution is 2.15. The normalized spacial score (nSPS) is 22.4. The van der Waals surface area contributed by atoms with Crippen molar-refractivity contribution in [2.45, 2.75) is 25.9 Å². The lowest BCUT2D eigenvalue weighted by molar-refractivity contribution is 0.190. The van der Waals surface area contributed by atoms with Crippen molar-refractivity contribution in [3.8, 4) is 0 Å². The first kappa shape index (κ1) is 9.19. The van der Waals surface area contributed by atoms with Crippen molar-refractivity contribution in [2.24, 2.45) is 0 Å². The number of hydrogen-bond donors (Lipinski definition) is 1. The van der Waals surface area contributed by atoms with E-state index in [4.69, 9.17) is 4.74 Å². The van der Waals surface area contributed by atoms with Crippen molar-refractivity contribution in [3.63, 3.8) is 0 Å². The van der Waals surface area contributed by atoms with Gasteiger partial charge in [0, 0.05) is 24.1 Å². The predicted molar refractivity (Wildman–Crippen MR) is 55.1 cm³/mol. The Labute approximate surface area is 82.9 Å². The standard InChI is InChI=1S/C10H15NOS/c1-8-3-5-13-10(8)6-11-9-2-4-12-7-9/h3,5,9,11H,2,4,6-7H2,1H3. The second kappa shape index (κ2) is 4.22. The fourth-order valence-electron chi connectivity index (χ4n) is 1.52. The molecule has 1 fully saturated rings. The molecule has 13 heavy (non-hydrogen) atoms. The van der Waals surface area contributed by atoms with E-state index in [-0.39, 0.29) is 0 Å². The Bertz CT molecular complexity index is 266. The maximum absolute atomic E-state index is 5.30. The third kappa shape index (κ3) is 2.30. The van der Waals surface area contributed by atoms with Crippen LogP contribution in [0.5, 0.6) is 0 Å². The first-order valence-electron chi connectivity index (χ1n) is 4.70. The lowest BCUT2D eigenvalue weighted by Crippen LogP contribution is -2.28. The first-order chi connectivity index (χ1) is 6.36. The Morgan fingerprint density at radius 1 is 1.69 bits per heavy atom. The minimum absolute atomic E-state index is 0.571. The Kier molecular flexibility index (Phi) is 2.98. The third-order valence-corrected chi connectivity index (χ3v) is 3.47. The van der Waals surface area contributed by atoms with E-state index in [2.05, 4.69) is 23.7 Å². The lowest BCUT2D eigenvalue weighted by atomic mass is 10.2. The van der Waals surface area contributed by atoms with E-state index >= 15 is 0 Å². The third-order valence-electron chi connectivity index (χ3n) is 2.45. The Balaban J connectivity index is 1.82. The minimum atomic E-state index is 0.571. The number of thiophene rings is 1. The van der Waals surface area contributed by atoms with Crippen LogP contribution < -0.4 is 5.32 Å². The molecule has 0 saturated carbocycles. The smallest absolute Gasteiger partial charge is 0.0620 e. The Morgan fingerprint density at radius 2 is 2.62 bits per heavy atom. The van der Waals surface area contributed by atoms with Crippen molar-refractivity contribution in [1.82, 2.24) is 5.32 Å². The monoisotopic (exact) mass is 197 g/mol. The second-order valence-corrected chi connectivity index (χ2v) is 4.47. The van der Waals surface area contributed by atoms with Gasteiger partial charge in [0.25, 0.3) is 0 Å². The molecular weight excluding hydrogens is 182 g/mol. The van der Waals surface area contributed by atoms with E-state index in [1.54, 1.807) is 0 Å². The van der Waals surface area contributed by atoms with Gasteiger partial charge in [0.05, 0.1) is 6.61 Å². The summed E-state index contributed by atoms with van der Waals surface area (Å²) in [6, 6.07) is 2.74. The summed E-state index contributed by atoms with van der Waals surface area (Å²) >= 11 is 1.83. The highest BCUT2D eigenvalue weighted by molar-refractivity contribution is 7.10. The van der Waals surface area contributed by atoms with Crippen LogP contribution in [0.2, 0.25) is 0 Å². The molecule has 2 heterocycles. The maximum Gasteiger partial charge on any atom is 0.0620 e. The molecule has 2 nitrogen and oxygen atoms in total. The van der Waals surface area contributed by atoms with E-state index < -0.39 is 0 Å². The molecule has 1 aliphatic rings. The molecule has 1 aliphatic heterocycles. The number of hydrogen-bond acceptors (Lipinski definition) is 3. The van der Waals surface area contributed by atoms with E-state index in [0.717, 1.165) is 26.2 Å². The average Bonchev–Trinajstić information content (AvgIpc) is 2.72. The SMILES string of the molecule is Cc1ccsc1CNC1CCOC1. The van der Waals surface area contributed by atoms with Crippen LogP contribution in [-0.2, 0) is 11.3 Å². The molecule has 1 N–H and O–H groups in total. The van der Waals surface area contributed by atoms with Crippen LogP contribution in [-0.4, -0.2) is 19.3 Å². The summed E-state index contributed by atoms with van der Waals surface area (Å²) in [6.07, 6.45) is 1.16. The number of ether oxygens (including phenoxy) is 1. The van der Waals surface area contributed by atoms with Crippen LogP contribution in [0.15, 0.2) is 11.4 Å². The van der Waals surface area contributed by atoms with E-state index in [1.807, 2.05) is 11.3 Å². The summed E-state index contributed by atoms with van der Waals surface area (Å²) in [7, 11) is 0. The van der Waals surface area contributed by atoms with Crippen LogP contribution in [0.4, 0.5) is 0 Å². The molecule has 1 aromatic rings. The van der Waals surface area contributed by atoms with Crippen LogP contribution >= 0.6 is 11.3 Å². The van der Waals surface area contributed by atoms with E-state index in [9.17, 15) is 0 Å². The van der Waals surface area contributed by atoms with Gasteiger partial charge in [0.15, 0.2) is 0 Å². The Hall–Kier alpha value is -0.380. The number of nitrogens with one attached hydrogen (secondary N) is 1. The van der Waals surface area contributed by atoms with E-state index in [0.29, 0.717) is 6.04 Å². The molecule has 2 rings (SSSR count). The second-order valence-electron chi connectivity index (χ2n) is 3.47. The summed E-state index contributed by atoms with van der Waals surface area (Å²) in [4.78, 5) is 1.45. The average molecular weight is 197 g/mol. The van der Waals surface area contributed by atoms with Gasteiger partial charge in [-0.2, -0.15) is 0 Å². The van der Waals surface area contributed by atoms with Crippen molar-refractivity contribution < 1.29 is 4.74 Å². The summed E-state index contributed by atoms with van der Waals surface area (Å²) in [6.45, 7) is 4.96. The number of aryl methyl sites for hydroxylation is 1. The zero-order valence-electron chi connectivity index (χ0n) is 7.88. The molecule has 1 unspecified atom stereocenters. The van der Waals surface area contributed by atoms with Crippen molar-refractivity contribution in [1.29, 1.82) is 0 Å². The summed E-state index contributed by atoms with van der Waals surface area (Å²) < 4.78 is 5.30. The fourth-order valence-corrected chi connectivity index (χ4v) is 2.37. The quantitative estimate of drug-likeness (QED) is 0.799. The van der Waals surface area contributed by atoms with Gasteiger partial charge in [-0.25, -0.2) is 0 Å². The Morgan fingerprint density at radius 3 is 3.23 bits per heavy atom. The summed E-state index contributed by atoms with van der Waals surface area (Å²) in [5.41, 5.74) is 1.40. The molecule has 0 aliphatic carbocycles. The molecule has 0 bridgehead atoms. The highest BCUT2D eigenvalue weighted by Gasteiger charge is 2.14. The zero-order chi connectivity index (χ0) is 9.10. The van der Waals surface area contributed by atoms with Crippen LogP contribution in [0, 0.1) is 6.92 Å². The molecule has 0 spiro atoms. The molecule has 1 atom stereocenters. The maximum atomic E-state index is 5.30. The molecular formula is C10H15NOS. The minimum Gasteiger partial charge on any atom is -0.380 e. The summed E-state index contributed by atoms with van der Waals surface area (Å²) in [5, 5.41) is 5.66. The lowest BCUT2D eigenvalue weighted by Gasteiger charge is -2.09. The fraction of sp³-hybridized carbons (Fsp3) is 0.600. The molecule has 1 aromatic heterocycles. The highest BCUT2D eigenvalue weighted by atomic mass is 32.1. The molecule has 0 amide bonds. The van der Waals surface area contributed by atoms with Crippen LogP contribution in [0.3, 0.4) is 0 Å². The van der Waals surface area contributed by atoms with Gasteiger partial charge in [0.2, 0.25) is 0 Å². The van der Waals surface area contributed by atoms with Gasteiger partial charge in [-0.1, -0.05) is 0 Å². The number of rotatable bonds is 3. The van der Waals surface area contributed by atoms with Gasteiger partial charge < -0.3 is 10.1 Å². The van der Waals surface area contributed by atoms with Gasteiger partial charge in [-0.3, -0.25) is 0 Å². The molecule has 1 saturated heterocycles. The van der Waals surface area contributed by atoms with E-state index in [1.165, 1.54) is 10.4 Å². The van der Waals surface area contributed by atoms with Gasteiger partial charge in [-0.05, 0) is 30.4 Å². The van der Waals surface area contributed by atoms with Crippen LogP contribution in [0.25, 0.3) is 0 Å². The predicted octanol–water partition coefficient (Wildman–Crippen LogP) is 1.94. The topological polar surface area (TPSA) is 21.3 Å². The largest absolute Gasteiger partial charge is 0.380 e. The van der Waals surface area contributed by atoms with Crippen molar-refractivity contribution in [2.75, 3.05) is 13.2 Å². The molecule has 3 heteroatoms. The van der Waals surface area contributed by atoms with Gasteiger partial charge >= 0.3 is 0 Å². The molecule has 0 radical (unpaired) electrons. The van der Waals surface area contributed by atoms with Gasteiger partial charge in [0.1, 0.15) is 0 Å². The molecule has 72 valence electrons. The zero-order valence-corrected chi connectivity index (χ0v) is 8.69. The van der Waals surface area contributed by atoms with Crippen LogP contribution in [0.1, 0.15) is 16.9 Å². The molecule has 0 aromatic carbocycles. The summed E-state index contributed by atoms with van der Waals surface area (Å²) in [5.74, 6) is 0. The van der Waals surface area contributed by atoms with Crippen molar-refractivity contribution in [3.05, 3.63) is 21.9 Å². The first-order valence-corrected chi connectivity index (χ1v) is 5.58. The van der Waals surface area contributed by atoms with Crippen molar-refractivity contribution >= 4 is 11.3 Å².